The molecule has 0 aliphatic heterocycles. The molecule has 0 saturated heterocycles. The Morgan fingerprint density at radius 1 is 0.607 bits per heavy atom. The first-order valence-electron chi connectivity index (χ1n) is 10.1. The summed E-state index contributed by atoms with van der Waals surface area (Å²) in [6.07, 6.45) is 3.67. The minimum absolute atomic E-state index is 1.17. The molecule has 0 aliphatic rings. The lowest BCUT2D eigenvalue weighted by Crippen LogP contribution is -1.87. The van der Waals surface area contributed by atoms with Crippen LogP contribution < -0.4 is 0 Å². The number of benzene rings is 3. The minimum atomic E-state index is 1.17. The van der Waals surface area contributed by atoms with Crippen molar-refractivity contribution < 1.29 is 0 Å². The molecule has 7 aromatic rings. The van der Waals surface area contributed by atoms with Gasteiger partial charge in [0.25, 0.3) is 0 Å². The fourth-order valence-electron chi connectivity index (χ4n) is 5.41. The van der Waals surface area contributed by atoms with E-state index in [1.54, 1.807) is 0 Å². The fourth-order valence-corrected chi connectivity index (χ4v) is 7.35. The van der Waals surface area contributed by atoms with Gasteiger partial charge in [0.15, 0.2) is 0 Å². The summed E-state index contributed by atoms with van der Waals surface area (Å²) in [5.74, 6) is 0. The van der Waals surface area contributed by atoms with Gasteiger partial charge in [0.2, 0.25) is 0 Å². The van der Waals surface area contributed by atoms with Crippen molar-refractivity contribution in [3.8, 4) is 0 Å². The number of fused-ring (bicyclic) bond motifs is 8. The van der Waals surface area contributed by atoms with Crippen LogP contribution in [-0.2, 0) is 6.42 Å². The quantitative estimate of drug-likeness (QED) is 0.262. The van der Waals surface area contributed by atoms with Crippen LogP contribution in [-0.4, -0.2) is 0 Å². The van der Waals surface area contributed by atoms with E-state index >= 15 is 0 Å². The Balaban J connectivity index is 1.85. The van der Waals surface area contributed by atoms with Gasteiger partial charge in [-0.2, -0.15) is 0 Å². The lowest BCUT2D eigenvalue weighted by molar-refractivity contribution is 0.799. The van der Waals surface area contributed by atoms with Crippen LogP contribution in [0.4, 0.5) is 0 Å². The van der Waals surface area contributed by atoms with E-state index in [2.05, 4.69) is 60.1 Å². The summed E-state index contributed by atoms with van der Waals surface area (Å²) in [5, 5.41) is 19.2. The van der Waals surface area contributed by atoms with Crippen molar-refractivity contribution in [1.29, 1.82) is 0 Å². The van der Waals surface area contributed by atoms with Gasteiger partial charge in [0.1, 0.15) is 0 Å². The Bertz CT molecular complexity index is 1640. The van der Waals surface area contributed by atoms with Gasteiger partial charge in [-0.3, -0.25) is 0 Å². The maximum Gasteiger partial charge on any atom is 0.0434 e. The summed E-state index contributed by atoms with van der Waals surface area (Å²) < 4.78 is 2.93. The van der Waals surface area contributed by atoms with E-state index < -0.39 is 0 Å². The first kappa shape index (κ1) is 15.5. The molecule has 0 unspecified atom stereocenters. The zero-order valence-corrected chi connectivity index (χ0v) is 17.3. The first-order chi connectivity index (χ1) is 13.9. The maximum absolute atomic E-state index is 2.42. The van der Waals surface area contributed by atoms with E-state index in [1.807, 2.05) is 22.7 Å². The molecule has 2 heterocycles. The Kier molecular flexibility index (Phi) is 2.96. The highest BCUT2D eigenvalue weighted by Gasteiger charge is 2.23. The van der Waals surface area contributed by atoms with Crippen LogP contribution in [0.2, 0.25) is 0 Å². The Hall–Kier alpha value is -2.42. The largest absolute Gasteiger partial charge is 0.143 e. The zero-order valence-electron chi connectivity index (χ0n) is 15.6. The van der Waals surface area contributed by atoms with Crippen molar-refractivity contribution in [1.82, 2.24) is 0 Å². The molecule has 28 heavy (non-hydrogen) atoms. The van der Waals surface area contributed by atoms with E-state index in [0.717, 1.165) is 0 Å². The average molecular weight is 395 g/mol. The van der Waals surface area contributed by atoms with Crippen molar-refractivity contribution in [2.75, 3.05) is 0 Å². The lowest BCUT2D eigenvalue weighted by atomic mass is 9.93. The van der Waals surface area contributed by atoms with Gasteiger partial charge in [-0.1, -0.05) is 43.7 Å². The number of unbranched alkanes of at least 4 members (excludes halogenated alkanes) is 1. The van der Waals surface area contributed by atoms with Gasteiger partial charge in [0.05, 0.1) is 0 Å². The van der Waals surface area contributed by atoms with Crippen molar-refractivity contribution >= 4 is 85.9 Å². The normalized spacial score (nSPS) is 12.9. The van der Waals surface area contributed by atoms with Gasteiger partial charge in [-0.25, -0.2) is 0 Å². The van der Waals surface area contributed by atoms with Gasteiger partial charge in [-0.05, 0) is 73.6 Å². The number of rotatable bonds is 3. The summed E-state index contributed by atoms with van der Waals surface area (Å²) in [4.78, 5) is 0. The highest BCUT2D eigenvalue weighted by Crippen LogP contribution is 2.52. The molecule has 0 atom stereocenters. The Morgan fingerprint density at radius 2 is 1.32 bits per heavy atom. The highest BCUT2D eigenvalue weighted by atomic mass is 32.1. The van der Waals surface area contributed by atoms with Gasteiger partial charge in [-0.15, -0.1) is 22.7 Å². The first-order valence-corrected chi connectivity index (χ1v) is 11.8. The molecule has 7 rings (SSSR count). The predicted molar refractivity (Wildman–Crippen MR) is 128 cm³/mol. The van der Waals surface area contributed by atoms with Gasteiger partial charge < -0.3 is 0 Å². The van der Waals surface area contributed by atoms with Crippen LogP contribution in [0.5, 0.6) is 0 Å². The third-order valence-corrected chi connectivity index (χ3v) is 8.40. The smallest absolute Gasteiger partial charge is 0.0434 e. The third kappa shape index (κ3) is 1.68. The van der Waals surface area contributed by atoms with Crippen LogP contribution in [0.25, 0.3) is 63.3 Å². The molecular formula is C26H18S2. The molecule has 0 spiro atoms. The molecule has 0 nitrogen and oxygen atoms in total. The van der Waals surface area contributed by atoms with E-state index in [-0.39, 0.29) is 0 Å². The summed E-state index contributed by atoms with van der Waals surface area (Å²) in [7, 11) is 0. The molecule has 0 saturated carbocycles. The SMILES string of the molecule is CCCCc1ccc2c3c4sccc4c4cccc(c43)c3c4sccc4c1c23. The average Bonchev–Trinajstić information content (AvgIpc) is 3.47. The predicted octanol–water partition coefficient (Wildman–Crippen LogP) is 8.95. The topological polar surface area (TPSA) is 0 Å². The number of hydrogen-bond acceptors (Lipinski definition) is 2. The molecule has 0 fully saturated rings. The van der Waals surface area contributed by atoms with Crippen LogP contribution in [0.15, 0.2) is 53.2 Å². The van der Waals surface area contributed by atoms with Crippen molar-refractivity contribution in [3.05, 3.63) is 58.8 Å². The third-order valence-electron chi connectivity index (χ3n) is 6.54. The van der Waals surface area contributed by atoms with E-state index in [1.165, 1.54) is 88.1 Å². The number of aryl methyl sites for hydroxylation is 1. The lowest BCUT2D eigenvalue weighted by Gasteiger charge is -2.10. The summed E-state index contributed by atoms with van der Waals surface area (Å²) in [6.45, 7) is 2.29. The molecular weight excluding hydrogens is 376 g/mol. The molecule has 0 radical (unpaired) electrons. The van der Waals surface area contributed by atoms with Crippen LogP contribution >= 0.6 is 22.7 Å². The number of thiophene rings is 2. The van der Waals surface area contributed by atoms with Crippen molar-refractivity contribution in [3.63, 3.8) is 0 Å². The summed E-state index contributed by atoms with van der Waals surface area (Å²) >= 11 is 3.81. The number of hydrogen-bond donors (Lipinski definition) is 0. The molecule has 2 aromatic heterocycles. The standard InChI is InChI=1S/C26H18S2/c1-2-3-5-14-8-9-18-22-20(14)19-11-13-28-26(19)24(22)17-7-4-6-15-16-10-12-27-25(16)23(18)21(15)17/h4,6-13H,2-3,5H2,1H3. The highest BCUT2D eigenvalue weighted by molar-refractivity contribution is 7.19. The van der Waals surface area contributed by atoms with Crippen molar-refractivity contribution in [2.45, 2.75) is 26.2 Å². The Morgan fingerprint density at radius 3 is 2.18 bits per heavy atom. The van der Waals surface area contributed by atoms with Crippen LogP contribution in [0.1, 0.15) is 25.3 Å². The van der Waals surface area contributed by atoms with Gasteiger partial charge >= 0.3 is 0 Å². The summed E-state index contributed by atoms with van der Waals surface area (Å²) in [6, 6.07) is 16.4. The molecule has 2 heteroatoms. The van der Waals surface area contributed by atoms with E-state index in [4.69, 9.17) is 0 Å². The second-order valence-corrected chi connectivity index (χ2v) is 9.76. The summed E-state index contributed by atoms with van der Waals surface area (Å²) in [5.41, 5.74) is 1.53. The maximum atomic E-state index is 2.42. The Labute approximate surface area is 170 Å². The van der Waals surface area contributed by atoms with E-state index in [0.29, 0.717) is 0 Å². The fraction of sp³-hybridized carbons (Fsp3) is 0.154. The molecule has 0 bridgehead atoms. The zero-order chi connectivity index (χ0) is 18.4. The molecule has 0 amide bonds. The van der Waals surface area contributed by atoms with E-state index in [9.17, 15) is 0 Å². The van der Waals surface area contributed by atoms with Crippen LogP contribution in [0.3, 0.4) is 0 Å². The van der Waals surface area contributed by atoms with Crippen LogP contribution in [0, 0.1) is 0 Å². The monoisotopic (exact) mass is 394 g/mol. The minimum Gasteiger partial charge on any atom is -0.143 e. The molecule has 0 aliphatic carbocycles. The molecule has 5 aromatic carbocycles. The second-order valence-electron chi connectivity index (χ2n) is 7.93. The van der Waals surface area contributed by atoms with Crippen molar-refractivity contribution in [2.24, 2.45) is 0 Å². The van der Waals surface area contributed by atoms with Gasteiger partial charge in [0, 0.05) is 30.9 Å². The molecule has 0 N–H and O–H groups in total. The second kappa shape index (κ2) is 5.34. The molecule has 134 valence electrons.